The van der Waals surface area contributed by atoms with Crippen LogP contribution in [0.2, 0.25) is 5.02 Å². The highest BCUT2D eigenvalue weighted by Gasteiger charge is 2.19. The molecule has 0 aromatic heterocycles. The lowest BCUT2D eigenvalue weighted by Gasteiger charge is -2.16. The van der Waals surface area contributed by atoms with Gasteiger partial charge in [-0.15, -0.1) is 11.6 Å². The summed E-state index contributed by atoms with van der Waals surface area (Å²) in [5, 5.41) is 0.0722. The van der Waals surface area contributed by atoms with Crippen LogP contribution in [-0.4, -0.2) is 7.11 Å². The molecule has 0 bridgehead atoms. The fraction of sp³-hybridized carbons (Fsp3) is 0.143. The Kier molecular flexibility index (Phi) is 4.71. The number of benzene rings is 2. The van der Waals surface area contributed by atoms with Crippen LogP contribution in [0.25, 0.3) is 0 Å². The Morgan fingerprint density at radius 1 is 1.16 bits per heavy atom. The lowest BCUT2D eigenvalue weighted by Crippen LogP contribution is -1.99. The van der Waals surface area contributed by atoms with Crippen LogP contribution >= 0.6 is 39.1 Å². The second-order valence-corrected chi connectivity index (χ2v) is 5.64. The molecular formula is C14H10BrCl2FO. The second-order valence-electron chi connectivity index (χ2n) is 3.91. The largest absolute Gasteiger partial charge is 0.496 e. The Bertz CT molecular complexity index is 604. The third-order valence-electron chi connectivity index (χ3n) is 2.70. The molecule has 0 amide bonds. The standard InChI is InChI=1S/C14H10BrCl2FO/c1-19-13-5-3-9(18)7-11(13)14(17)10-4-2-8(16)6-12(10)15/h2-7,14H,1H3. The number of halogens is 4. The number of hydrogen-bond donors (Lipinski definition) is 0. The summed E-state index contributed by atoms with van der Waals surface area (Å²) in [6, 6.07) is 9.56. The van der Waals surface area contributed by atoms with E-state index in [1.54, 1.807) is 24.3 Å². The molecule has 0 radical (unpaired) electrons. The van der Waals surface area contributed by atoms with Gasteiger partial charge in [-0.2, -0.15) is 0 Å². The molecule has 5 heteroatoms. The van der Waals surface area contributed by atoms with E-state index in [2.05, 4.69) is 15.9 Å². The van der Waals surface area contributed by atoms with Gasteiger partial charge in [0.05, 0.1) is 12.5 Å². The van der Waals surface area contributed by atoms with Crippen LogP contribution in [0.3, 0.4) is 0 Å². The van der Waals surface area contributed by atoms with Crippen LogP contribution in [0, 0.1) is 5.82 Å². The highest BCUT2D eigenvalue weighted by molar-refractivity contribution is 9.10. The first-order valence-corrected chi connectivity index (χ1v) is 7.06. The highest BCUT2D eigenvalue weighted by atomic mass is 79.9. The first kappa shape index (κ1) is 14.6. The first-order chi connectivity index (χ1) is 9.02. The lowest BCUT2D eigenvalue weighted by atomic mass is 10.0. The van der Waals surface area contributed by atoms with E-state index in [1.807, 2.05) is 0 Å². The van der Waals surface area contributed by atoms with Gasteiger partial charge in [-0.25, -0.2) is 4.39 Å². The summed E-state index contributed by atoms with van der Waals surface area (Å²) in [6.45, 7) is 0. The minimum absolute atomic E-state index is 0.355. The summed E-state index contributed by atoms with van der Waals surface area (Å²) in [6.07, 6.45) is 0. The molecule has 0 aliphatic rings. The predicted octanol–water partition coefficient (Wildman–Crippen LogP) is 5.58. The molecule has 0 aliphatic heterocycles. The maximum atomic E-state index is 13.4. The molecule has 1 atom stereocenters. The molecule has 0 aliphatic carbocycles. The van der Waals surface area contributed by atoms with Gasteiger partial charge >= 0.3 is 0 Å². The summed E-state index contributed by atoms with van der Waals surface area (Å²) in [5.74, 6) is 0.190. The minimum Gasteiger partial charge on any atom is -0.496 e. The van der Waals surface area contributed by atoms with Crippen molar-refractivity contribution in [1.82, 2.24) is 0 Å². The van der Waals surface area contributed by atoms with E-state index >= 15 is 0 Å². The molecule has 0 N–H and O–H groups in total. The molecule has 19 heavy (non-hydrogen) atoms. The number of rotatable bonds is 3. The summed E-state index contributed by atoms with van der Waals surface area (Å²) in [7, 11) is 1.53. The molecule has 0 saturated heterocycles. The van der Waals surface area contributed by atoms with Crippen molar-refractivity contribution in [2.75, 3.05) is 7.11 Å². The molecule has 100 valence electrons. The number of hydrogen-bond acceptors (Lipinski definition) is 1. The average Bonchev–Trinajstić information content (AvgIpc) is 2.38. The molecule has 0 heterocycles. The van der Waals surface area contributed by atoms with Gasteiger partial charge in [-0.05, 0) is 35.9 Å². The fourth-order valence-electron chi connectivity index (χ4n) is 1.78. The molecule has 1 unspecified atom stereocenters. The smallest absolute Gasteiger partial charge is 0.124 e. The van der Waals surface area contributed by atoms with Crippen molar-refractivity contribution >= 4 is 39.1 Å². The minimum atomic E-state index is -0.530. The normalized spacial score (nSPS) is 12.3. The van der Waals surface area contributed by atoms with E-state index in [9.17, 15) is 4.39 Å². The lowest BCUT2D eigenvalue weighted by molar-refractivity contribution is 0.409. The molecule has 2 aromatic rings. The zero-order chi connectivity index (χ0) is 14.0. The maximum Gasteiger partial charge on any atom is 0.124 e. The van der Waals surface area contributed by atoms with Crippen molar-refractivity contribution in [1.29, 1.82) is 0 Å². The monoisotopic (exact) mass is 362 g/mol. The Balaban J connectivity index is 2.49. The van der Waals surface area contributed by atoms with Crippen LogP contribution < -0.4 is 4.74 Å². The Morgan fingerprint density at radius 2 is 1.89 bits per heavy atom. The van der Waals surface area contributed by atoms with Gasteiger partial charge in [0, 0.05) is 15.1 Å². The number of alkyl halides is 1. The summed E-state index contributed by atoms with van der Waals surface area (Å²) < 4.78 is 19.4. The molecule has 0 fully saturated rings. The van der Waals surface area contributed by atoms with E-state index in [1.165, 1.54) is 19.2 Å². The Morgan fingerprint density at radius 3 is 2.53 bits per heavy atom. The number of ether oxygens (including phenoxy) is 1. The van der Waals surface area contributed by atoms with Crippen molar-refractivity contribution < 1.29 is 9.13 Å². The van der Waals surface area contributed by atoms with E-state index in [0.717, 1.165) is 10.0 Å². The molecule has 0 spiro atoms. The Hall–Kier alpha value is -0.770. The molecule has 1 nitrogen and oxygen atoms in total. The molecule has 2 aromatic carbocycles. The number of methoxy groups -OCH3 is 1. The molecule has 0 saturated carbocycles. The molecular weight excluding hydrogens is 354 g/mol. The SMILES string of the molecule is COc1ccc(F)cc1C(Cl)c1ccc(Cl)cc1Br. The van der Waals surface area contributed by atoms with Gasteiger partial charge in [0.15, 0.2) is 0 Å². The van der Waals surface area contributed by atoms with Gasteiger partial charge in [0.2, 0.25) is 0 Å². The van der Waals surface area contributed by atoms with E-state index < -0.39 is 5.38 Å². The van der Waals surface area contributed by atoms with Crippen LogP contribution in [-0.2, 0) is 0 Å². The summed E-state index contributed by atoms with van der Waals surface area (Å²) in [4.78, 5) is 0. The third-order valence-corrected chi connectivity index (χ3v) is 4.09. The summed E-state index contributed by atoms with van der Waals surface area (Å²) in [5.41, 5.74) is 1.38. The van der Waals surface area contributed by atoms with Crippen molar-refractivity contribution in [3.63, 3.8) is 0 Å². The quantitative estimate of drug-likeness (QED) is 0.647. The van der Waals surface area contributed by atoms with Gasteiger partial charge in [-0.3, -0.25) is 0 Å². The Labute approximate surface area is 129 Å². The van der Waals surface area contributed by atoms with Crippen molar-refractivity contribution in [2.24, 2.45) is 0 Å². The zero-order valence-electron chi connectivity index (χ0n) is 9.96. The summed E-state index contributed by atoms with van der Waals surface area (Å²) >= 11 is 15.7. The second kappa shape index (κ2) is 6.12. The van der Waals surface area contributed by atoms with Crippen LogP contribution in [0.5, 0.6) is 5.75 Å². The van der Waals surface area contributed by atoms with Crippen molar-refractivity contribution in [3.8, 4) is 5.75 Å². The van der Waals surface area contributed by atoms with E-state index in [0.29, 0.717) is 16.3 Å². The zero-order valence-corrected chi connectivity index (χ0v) is 13.1. The van der Waals surface area contributed by atoms with Crippen molar-refractivity contribution in [3.05, 3.63) is 62.8 Å². The average molecular weight is 364 g/mol. The van der Waals surface area contributed by atoms with E-state index in [4.69, 9.17) is 27.9 Å². The van der Waals surface area contributed by atoms with Crippen LogP contribution in [0.1, 0.15) is 16.5 Å². The van der Waals surface area contributed by atoms with Crippen LogP contribution in [0.15, 0.2) is 40.9 Å². The first-order valence-electron chi connectivity index (χ1n) is 5.45. The van der Waals surface area contributed by atoms with Crippen molar-refractivity contribution in [2.45, 2.75) is 5.38 Å². The van der Waals surface area contributed by atoms with Gasteiger partial charge in [-0.1, -0.05) is 33.6 Å². The van der Waals surface area contributed by atoms with E-state index in [-0.39, 0.29) is 5.82 Å². The van der Waals surface area contributed by atoms with Gasteiger partial charge in [0.1, 0.15) is 11.6 Å². The topological polar surface area (TPSA) is 9.23 Å². The van der Waals surface area contributed by atoms with Gasteiger partial charge < -0.3 is 4.74 Å². The van der Waals surface area contributed by atoms with Crippen LogP contribution in [0.4, 0.5) is 4.39 Å². The molecule has 2 rings (SSSR count). The predicted molar refractivity (Wildman–Crippen MR) is 79.8 cm³/mol. The third kappa shape index (κ3) is 3.22. The van der Waals surface area contributed by atoms with Gasteiger partial charge in [0.25, 0.3) is 0 Å². The fourth-order valence-corrected chi connectivity index (χ4v) is 3.18. The maximum absolute atomic E-state index is 13.4. The highest BCUT2D eigenvalue weighted by Crippen LogP contribution is 2.39.